The second-order valence-electron chi connectivity index (χ2n) is 13.2. The maximum absolute atomic E-state index is 8.79. The quantitative estimate of drug-likeness (QED) is 0.0551. The Hall–Kier alpha value is 0.310. The van der Waals surface area contributed by atoms with Gasteiger partial charge in [-0.25, -0.2) is 0 Å². The van der Waals surface area contributed by atoms with Gasteiger partial charge in [0, 0.05) is 6.61 Å². The molecule has 0 unspecified atom stereocenters. The first-order chi connectivity index (χ1) is 19.9. The van der Waals surface area contributed by atoms with Crippen LogP contribution in [0.15, 0.2) is 0 Å². The molecule has 0 spiro atoms. The number of aliphatic hydroxyl groups excluding tert-OH is 1. The maximum Gasteiger partial charge on any atom is 0.0431 e. The molecule has 242 valence electrons. The second-order valence-corrected chi connectivity index (χ2v) is 13.6. The molecule has 0 amide bonds. The third-order valence-corrected chi connectivity index (χ3v) is 9.38. The van der Waals surface area contributed by atoms with Crippen LogP contribution in [0.1, 0.15) is 231 Å². The van der Waals surface area contributed by atoms with Gasteiger partial charge in [-0.05, 0) is 18.6 Å². The third kappa shape index (κ3) is 38.3. The zero-order valence-electron chi connectivity index (χ0n) is 27.8. The van der Waals surface area contributed by atoms with E-state index in [2.05, 4.69) is 12.6 Å². The molecular weight excluding hydrogens is 504 g/mol. The number of hydrogen-bond donors (Lipinski definition) is 2. The Morgan fingerprint density at radius 3 is 0.450 bits per heavy atom. The van der Waals surface area contributed by atoms with Crippen molar-refractivity contribution in [2.45, 2.75) is 231 Å². The Bertz CT molecular complexity index is 374. The molecule has 1 N–H and O–H groups in total. The summed E-state index contributed by atoms with van der Waals surface area (Å²) in [7, 11) is 0. The van der Waals surface area contributed by atoms with Gasteiger partial charge in [0.2, 0.25) is 0 Å². The lowest BCUT2D eigenvalue weighted by Gasteiger charge is -2.05. The van der Waals surface area contributed by atoms with Gasteiger partial charge in [-0.3, -0.25) is 0 Å². The highest BCUT2D eigenvalue weighted by molar-refractivity contribution is 7.80. The molecule has 0 rings (SSSR count). The summed E-state index contributed by atoms with van der Waals surface area (Å²) in [5.41, 5.74) is 0. The average Bonchev–Trinajstić information content (AvgIpc) is 2.97. The summed E-state index contributed by atoms with van der Waals surface area (Å²) < 4.78 is 0. The molecule has 0 saturated carbocycles. The van der Waals surface area contributed by atoms with Crippen molar-refractivity contribution < 1.29 is 5.11 Å². The van der Waals surface area contributed by atoms with Crippen LogP contribution < -0.4 is 0 Å². The fourth-order valence-electron chi connectivity index (χ4n) is 6.23. The van der Waals surface area contributed by atoms with Crippen LogP contribution in [0.25, 0.3) is 0 Å². The summed E-state index contributed by atoms with van der Waals surface area (Å²) in [6.07, 6.45) is 51.7. The summed E-state index contributed by atoms with van der Waals surface area (Å²) >= 11 is 4.29. The van der Waals surface area contributed by atoms with E-state index in [1.165, 1.54) is 225 Å². The molecule has 0 aliphatic rings. The molecule has 0 aliphatic carbocycles. The lowest BCUT2D eigenvalue weighted by molar-refractivity contribution is 0.282. The van der Waals surface area contributed by atoms with Gasteiger partial charge in [0.15, 0.2) is 0 Å². The fourth-order valence-corrected chi connectivity index (χ4v) is 6.46. The number of rotatable bonds is 37. The summed E-state index contributed by atoms with van der Waals surface area (Å²) in [5.74, 6) is 1.07. The van der Waals surface area contributed by atoms with E-state index in [1.54, 1.807) is 0 Å². The molecule has 0 radical (unpaired) electrons. The summed E-state index contributed by atoms with van der Waals surface area (Å²) in [6.45, 7) is 0.374. The first-order valence-corrected chi connectivity index (χ1v) is 19.8. The van der Waals surface area contributed by atoms with Crippen LogP contribution in [-0.2, 0) is 0 Å². The zero-order chi connectivity index (χ0) is 28.9. The van der Waals surface area contributed by atoms with Crippen molar-refractivity contribution in [3.63, 3.8) is 0 Å². The minimum atomic E-state index is 0.374. The van der Waals surface area contributed by atoms with Gasteiger partial charge in [0.05, 0.1) is 0 Å². The van der Waals surface area contributed by atoms with E-state index < -0.39 is 0 Å². The van der Waals surface area contributed by atoms with Crippen molar-refractivity contribution in [1.29, 1.82) is 0 Å². The van der Waals surface area contributed by atoms with Gasteiger partial charge in [-0.1, -0.05) is 218 Å². The lowest BCUT2D eigenvalue weighted by atomic mass is 10.0. The molecule has 40 heavy (non-hydrogen) atoms. The van der Waals surface area contributed by atoms with Crippen LogP contribution in [0.3, 0.4) is 0 Å². The lowest BCUT2D eigenvalue weighted by Crippen LogP contribution is -1.85. The van der Waals surface area contributed by atoms with Crippen molar-refractivity contribution in [2.75, 3.05) is 12.4 Å². The largest absolute Gasteiger partial charge is 0.396 e. The Morgan fingerprint density at radius 2 is 0.325 bits per heavy atom. The SMILES string of the molecule is OCCCCCCCCCCCCCCCCCCCCCCCCCCCCCCCCCCCCCCS. The van der Waals surface area contributed by atoms with E-state index in [4.69, 9.17) is 5.11 Å². The van der Waals surface area contributed by atoms with Crippen LogP contribution in [0.4, 0.5) is 0 Å². The van der Waals surface area contributed by atoms with Crippen LogP contribution in [0, 0.1) is 0 Å². The first kappa shape index (κ1) is 40.3. The van der Waals surface area contributed by atoms with Gasteiger partial charge in [-0.15, -0.1) is 0 Å². The highest BCUT2D eigenvalue weighted by Gasteiger charge is 1.97. The molecule has 0 fully saturated rings. The summed E-state index contributed by atoms with van der Waals surface area (Å²) in [6, 6.07) is 0. The van der Waals surface area contributed by atoms with Crippen LogP contribution in [0.2, 0.25) is 0 Å². The first-order valence-electron chi connectivity index (χ1n) is 19.1. The topological polar surface area (TPSA) is 20.2 Å². The fraction of sp³-hybridized carbons (Fsp3) is 1.00. The number of aliphatic hydroxyl groups is 1. The molecule has 0 aromatic rings. The van der Waals surface area contributed by atoms with Crippen molar-refractivity contribution in [2.24, 2.45) is 0 Å². The maximum atomic E-state index is 8.79. The molecule has 0 saturated heterocycles. The number of thiol groups is 1. The molecule has 2 heteroatoms. The van der Waals surface area contributed by atoms with Crippen LogP contribution in [-0.4, -0.2) is 17.5 Å². The van der Waals surface area contributed by atoms with E-state index in [0.29, 0.717) is 6.61 Å². The minimum absolute atomic E-state index is 0.374. The van der Waals surface area contributed by atoms with Crippen LogP contribution >= 0.6 is 12.6 Å². The molecule has 0 heterocycles. The Labute approximate surface area is 260 Å². The van der Waals surface area contributed by atoms with E-state index in [0.717, 1.165) is 12.2 Å². The van der Waals surface area contributed by atoms with Gasteiger partial charge in [-0.2, -0.15) is 12.6 Å². The zero-order valence-corrected chi connectivity index (χ0v) is 28.7. The van der Waals surface area contributed by atoms with Gasteiger partial charge in [0.1, 0.15) is 0 Å². The molecule has 0 bridgehead atoms. The van der Waals surface area contributed by atoms with E-state index >= 15 is 0 Å². The molecule has 0 atom stereocenters. The predicted octanol–water partition coefficient (Wildman–Crippen LogP) is 14.0. The smallest absolute Gasteiger partial charge is 0.0431 e. The Balaban J connectivity index is 3.01. The van der Waals surface area contributed by atoms with Crippen LogP contribution in [0.5, 0.6) is 0 Å². The monoisotopic (exact) mass is 583 g/mol. The van der Waals surface area contributed by atoms with Crippen molar-refractivity contribution in [3.05, 3.63) is 0 Å². The normalized spacial score (nSPS) is 11.6. The molecule has 0 aromatic heterocycles. The van der Waals surface area contributed by atoms with Gasteiger partial charge < -0.3 is 5.11 Å². The average molecular weight is 583 g/mol. The molecular formula is C38H78OS. The summed E-state index contributed by atoms with van der Waals surface area (Å²) in [4.78, 5) is 0. The summed E-state index contributed by atoms with van der Waals surface area (Å²) in [5, 5.41) is 8.79. The second kappa shape index (κ2) is 39.3. The molecule has 1 nitrogen and oxygen atoms in total. The standard InChI is InChI=1S/C38H78OS/c39-37-35-33-31-29-27-25-23-21-19-17-15-13-11-9-7-5-3-1-2-4-6-8-10-12-14-16-18-20-22-24-26-28-30-32-34-36-38-40/h39-40H,1-38H2. The highest BCUT2D eigenvalue weighted by atomic mass is 32.1. The highest BCUT2D eigenvalue weighted by Crippen LogP contribution is 2.17. The van der Waals surface area contributed by atoms with Crippen molar-refractivity contribution >= 4 is 12.6 Å². The third-order valence-electron chi connectivity index (χ3n) is 9.07. The van der Waals surface area contributed by atoms with Gasteiger partial charge in [0.25, 0.3) is 0 Å². The molecule has 0 aromatic carbocycles. The number of unbranched alkanes of at least 4 members (excludes halogenated alkanes) is 35. The van der Waals surface area contributed by atoms with E-state index in [1.807, 2.05) is 0 Å². The van der Waals surface area contributed by atoms with Crippen molar-refractivity contribution in [1.82, 2.24) is 0 Å². The number of hydrogen-bond acceptors (Lipinski definition) is 2. The molecule has 0 aliphatic heterocycles. The van der Waals surface area contributed by atoms with E-state index in [9.17, 15) is 0 Å². The van der Waals surface area contributed by atoms with Crippen molar-refractivity contribution in [3.8, 4) is 0 Å². The van der Waals surface area contributed by atoms with E-state index in [-0.39, 0.29) is 0 Å². The predicted molar refractivity (Wildman–Crippen MR) is 187 cm³/mol. The van der Waals surface area contributed by atoms with Gasteiger partial charge >= 0.3 is 0 Å². The Kier molecular flexibility index (Phi) is 39.6. The minimum Gasteiger partial charge on any atom is -0.396 e. The Morgan fingerprint density at radius 1 is 0.200 bits per heavy atom.